The van der Waals surface area contributed by atoms with Gasteiger partial charge in [0.15, 0.2) is 6.61 Å². The van der Waals surface area contributed by atoms with E-state index >= 15 is 0 Å². The molecule has 0 radical (unpaired) electrons. The Bertz CT molecular complexity index is 767. The highest BCUT2D eigenvalue weighted by Gasteiger charge is 2.20. The van der Waals surface area contributed by atoms with Gasteiger partial charge in [-0.15, -0.1) is 0 Å². The molecular weight excluding hydrogens is 330 g/mol. The Hall–Kier alpha value is -3.33. The van der Waals surface area contributed by atoms with E-state index in [9.17, 15) is 9.59 Å². The van der Waals surface area contributed by atoms with E-state index in [1.54, 1.807) is 24.3 Å². The molecule has 0 unspecified atom stereocenters. The van der Waals surface area contributed by atoms with Crippen molar-refractivity contribution in [2.45, 2.75) is 25.7 Å². The van der Waals surface area contributed by atoms with Crippen molar-refractivity contribution >= 4 is 11.8 Å². The number of hydrogen-bond acceptors (Lipinski definition) is 4. The van der Waals surface area contributed by atoms with Crippen LogP contribution in [0.3, 0.4) is 0 Å². The lowest BCUT2D eigenvalue weighted by molar-refractivity contribution is -0.130. The molecule has 0 aromatic heterocycles. The second-order valence-corrected chi connectivity index (χ2v) is 5.71. The van der Waals surface area contributed by atoms with Gasteiger partial charge in [0.1, 0.15) is 5.75 Å². The number of hydrazine groups is 1. The normalized spacial score (nSPS) is 11.1. The molecule has 2 aromatic carbocycles. The second kappa shape index (κ2) is 9.84. The number of ether oxygens (including phenoxy) is 1. The van der Waals surface area contributed by atoms with Gasteiger partial charge in [-0.25, -0.2) is 0 Å². The number of nitrogens with one attached hydrogen (secondary N) is 2. The predicted molar refractivity (Wildman–Crippen MR) is 97.0 cm³/mol. The zero-order valence-electron chi connectivity index (χ0n) is 14.6. The fourth-order valence-electron chi connectivity index (χ4n) is 2.45. The van der Waals surface area contributed by atoms with Crippen molar-refractivity contribution in [2.75, 3.05) is 6.61 Å². The summed E-state index contributed by atoms with van der Waals surface area (Å²) in [5.74, 6) is -0.574. The number of nitrogens with zero attached hydrogens (tertiary/aromatic N) is 1. The molecule has 0 aliphatic carbocycles. The van der Waals surface area contributed by atoms with Crippen LogP contribution in [-0.2, 0) is 9.59 Å². The van der Waals surface area contributed by atoms with Crippen LogP contribution in [0, 0.1) is 11.3 Å². The van der Waals surface area contributed by atoms with Crippen LogP contribution in [0.2, 0.25) is 0 Å². The van der Waals surface area contributed by atoms with E-state index in [-0.39, 0.29) is 18.4 Å². The van der Waals surface area contributed by atoms with Crippen molar-refractivity contribution in [2.24, 2.45) is 0 Å². The minimum absolute atomic E-state index is 0.240. The molecule has 2 amide bonds. The third-order valence-corrected chi connectivity index (χ3v) is 3.77. The first-order valence-corrected chi connectivity index (χ1v) is 8.40. The van der Waals surface area contributed by atoms with Gasteiger partial charge < -0.3 is 4.74 Å². The quantitative estimate of drug-likeness (QED) is 0.750. The highest BCUT2D eigenvalue weighted by molar-refractivity contribution is 5.86. The summed E-state index contributed by atoms with van der Waals surface area (Å²) in [6.07, 6.45) is 1.54. The average molecular weight is 351 g/mol. The fraction of sp³-hybridized carbons (Fsp3) is 0.250. The maximum atomic E-state index is 12.4. The summed E-state index contributed by atoms with van der Waals surface area (Å²) in [4.78, 5) is 24.2. The lowest BCUT2D eigenvalue weighted by atomic mass is 9.94. The number of nitriles is 1. The van der Waals surface area contributed by atoms with Gasteiger partial charge in [-0.3, -0.25) is 20.4 Å². The largest absolute Gasteiger partial charge is 0.484 e. The Labute approximate surface area is 152 Å². The molecule has 134 valence electrons. The van der Waals surface area contributed by atoms with Crippen molar-refractivity contribution in [1.82, 2.24) is 10.9 Å². The van der Waals surface area contributed by atoms with E-state index in [0.29, 0.717) is 17.7 Å². The summed E-state index contributed by atoms with van der Waals surface area (Å²) in [5.41, 5.74) is 6.25. The molecule has 6 nitrogen and oxygen atoms in total. The minimum atomic E-state index is -0.467. The summed E-state index contributed by atoms with van der Waals surface area (Å²) < 4.78 is 5.32. The maximum Gasteiger partial charge on any atom is 0.276 e. The first-order valence-electron chi connectivity index (χ1n) is 8.40. The minimum Gasteiger partial charge on any atom is -0.484 e. The van der Waals surface area contributed by atoms with Crippen LogP contribution in [0.5, 0.6) is 5.75 Å². The van der Waals surface area contributed by atoms with E-state index in [4.69, 9.17) is 10.00 Å². The zero-order valence-corrected chi connectivity index (χ0v) is 14.6. The molecule has 0 aliphatic rings. The van der Waals surface area contributed by atoms with E-state index in [1.165, 1.54) is 0 Å². The topological polar surface area (TPSA) is 91.2 Å². The molecule has 6 heteroatoms. The van der Waals surface area contributed by atoms with Crippen molar-refractivity contribution in [3.05, 3.63) is 65.7 Å². The number of amides is 2. The maximum absolute atomic E-state index is 12.4. The van der Waals surface area contributed by atoms with Gasteiger partial charge in [0.2, 0.25) is 5.91 Å². The Morgan fingerprint density at radius 2 is 1.77 bits per heavy atom. The van der Waals surface area contributed by atoms with Gasteiger partial charge in [0.25, 0.3) is 5.91 Å². The molecule has 2 rings (SSSR count). The predicted octanol–water partition coefficient (Wildman–Crippen LogP) is 2.67. The number of carbonyl (C=O) groups is 2. The van der Waals surface area contributed by atoms with Crippen LogP contribution < -0.4 is 15.6 Å². The van der Waals surface area contributed by atoms with Crippen LogP contribution >= 0.6 is 0 Å². The lowest BCUT2D eigenvalue weighted by Gasteiger charge is -2.17. The van der Waals surface area contributed by atoms with Crippen LogP contribution in [0.1, 0.15) is 36.8 Å². The van der Waals surface area contributed by atoms with Gasteiger partial charge in [-0.1, -0.05) is 43.7 Å². The molecule has 2 aromatic rings. The smallest absolute Gasteiger partial charge is 0.276 e. The SMILES string of the molecule is CCC[C@@H](C(=O)NNC(=O)COc1ccc(C#N)cc1)c1ccccc1. The van der Waals surface area contributed by atoms with Crippen molar-refractivity contribution < 1.29 is 14.3 Å². The highest BCUT2D eigenvalue weighted by atomic mass is 16.5. The molecule has 0 aliphatic heterocycles. The molecule has 0 fully saturated rings. The Morgan fingerprint density at radius 3 is 2.38 bits per heavy atom. The molecule has 26 heavy (non-hydrogen) atoms. The molecular formula is C20H21N3O3. The standard InChI is InChI=1S/C20H21N3O3/c1-2-6-18(16-7-4-3-5-8-16)20(25)23-22-19(24)14-26-17-11-9-15(13-21)10-12-17/h3-5,7-12,18H,2,6,14H2,1H3,(H,22,24)(H,23,25)/t18-/m1/s1. The summed E-state index contributed by atoms with van der Waals surface area (Å²) in [7, 11) is 0. The summed E-state index contributed by atoms with van der Waals surface area (Å²) in [6.45, 7) is 1.77. The third-order valence-electron chi connectivity index (χ3n) is 3.77. The van der Waals surface area contributed by atoms with Gasteiger partial charge >= 0.3 is 0 Å². The average Bonchev–Trinajstić information content (AvgIpc) is 2.69. The van der Waals surface area contributed by atoms with Gasteiger partial charge in [-0.2, -0.15) is 5.26 Å². The van der Waals surface area contributed by atoms with Gasteiger partial charge in [-0.05, 0) is 36.2 Å². The molecule has 0 bridgehead atoms. The number of benzene rings is 2. The van der Waals surface area contributed by atoms with Crippen molar-refractivity contribution in [3.63, 3.8) is 0 Å². The van der Waals surface area contributed by atoms with E-state index in [0.717, 1.165) is 12.0 Å². The number of hydrogen-bond donors (Lipinski definition) is 2. The molecule has 0 heterocycles. The van der Waals surface area contributed by atoms with Crippen molar-refractivity contribution in [3.8, 4) is 11.8 Å². The molecule has 2 N–H and O–H groups in total. The van der Waals surface area contributed by atoms with Crippen LogP contribution in [0.15, 0.2) is 54.6 Å². The monoisotopic (exact) mass is 351 g/mol. The van der Waals surface area contributed by atoms with Crippen LogP contribution in [0.4, 0.5) is 0 Å². The molecule has 0 saturated carbocycles. The lowest BCUT2D eigenvalue weighted by Crippen LogP contribution is -2.45. The first kappa shape index (κ1) is 19.0. The second-order valence-electron chi connectivity index (χ2n) is 5.71. The summed E-state index contributed by atoms with van der Waals surface area (Å²) in [6, 6.07) is 17.9. The van der Waals surface area contributed by atoms with Gasteiger partial charge in [0.05, 0.1) is 17.6 Å². The van der Waals surface area contributed by atoms with E-state index < -0.39 is 5.91 Å². The molecule has 0 spiro atoms. The summed E-state index contributed by atoms with van der Waals surface area (Å²) in [5, 5.41) is 8.74. The Kier molecular flexibility index (Phi) is 7.19. The fourth-order valence-corrected chi connectivity index (χ4v) is 2.45. The Balaban J connectivity index is 1.83. The van der Waals surface area contributed by atoms with Crippen molar-refractivity contribution in [1.29, 1.82) is 5.26 Å². The van der Waals surface area contributed by atoms with Gasteiger partial charge in [0, 0.05) is 0 Å². The molecule has 1 atom stereocenters. The number of carbonyl (C=O) groups excluding carboxylic acids is 2. The molecule has 0 saturated heterocycles. The van der Waals surface area contributed by atoms with Crippen LogP contribution in [-0.4, -0.2) is 18.4 Å². The Morgan fingerprint density at radius 1 is 1.08 bits per heavy atom. The third kappa shape index (κ3) is 5.64. The summed E-state index contributed by atoms with van der Waals surface area (Å²) >= 11 is 0. The van der Waals surface area contributed by atoms with E-state index in [1.807, 2.05) is 43.3 Å². The zero-order chi connectivity index (χ0) is 18.8. The number of rotatable bonds is 7. The van der Waals surface area contributed by atoms with Crippen LogP contribution in [0.25, 0.3) is 0 Å². The van der Waals surface area contributed by atoms with E-state index in [2.05, 4.69) is 10.9 Å². The first-order chi connectivity index (χ1) is 12.6. The highest BCUT2D eigenvalue weighted by Crippen LogP contribution is 2.20.